The third-order valence-electron chi connectivity index (χ3n) is 2.35. The van der Waals surface area contributed by atoms with Crippen LogP contribution < -0.4 is 4.74 Å². The Kier molecular flexibility index (Phi) is 3.75. The van der Waals surface area contributed by atoms with Crippen molar-refractivity contribution in [2.75, 3.05) is 0 Å². The third kappa shape index (κ3) is 3.05. The number of aromatic nitrogens is 1. The maximum Gasteiger partial charge on any atom is 0.314 e. The first-order valence-electron chi connectivity index (χ1n) is 5.21. The molecule has 98 valence electrons. The van der Waals surface area contributed by atoms with Crippen molar-refractivity contribution in [3.8, 4) is 11.6 Å². The first-order valence-corrected chi connectivity index (χ1v) is 6.00. The fourth-order valence-corrected chi connectivity index (χ4v) is 1.62. The Morgan fingerprint density at radius 1 is 1.42 bits per heavy atom. The van der Waals surface area contributed by atoms with E-state index in [9.17, 15) is 14.5 Å². The van der Waals surface area contributed by atoms with Gasteiger partial charge in [0.1, 0.15) is 5.82 Å². The van der Waals surface area contributed by atoms with Gasteiger partial charge in [0.25, 0.3) is 0 Å². The van der Waals surface area contributed by atoms with Crippen LogP contribution in [0.1, 0.15) is 5.56 Å². The number of benzene rings is 1. The summed E-state index contributed by atoms with van der Waals surface area (Å²) in [4.78, 5) is 14.1. The fourth-order valence-electron chi connectivity index (χ4n) is 1.40. The number of nitro benzene ring substituents is 1. The summed E-state index contributed by atoms with van der Waals surface area (Å²) < 4.78 is 19.1. The number of halogens is 2. The van der Waals surface area contributed by atoms with Gasteiger partial charge in [0.2, 0.25) is 11.6 Å². The van der Waals surface area contributed by atoms with Crippen molar-refractivity contribution in [1.82, 2.24) is 4.98 Å². The van der Waals surface area contributed by atoms with Crippen molar-refractivity contribution in [3.05, 3.63) is 56.4 Å². The zero-order valence-corrected chi connectivity index (χ0v) is 11.3. The molecule has 0 fully saturated rings. The van der Waals surface area contributed by atoms with Crippen molar-refractivity contribution in [3.63, 3.8) is 0 Å². The lowest BCUT2D eigenvalue weighted by atomic mass is 10.3. The van der Waals surface area contributed by atoms with Gasteiger partial charge in [-0.25, -0.2) is 9.37 Å². The molecule has 0 saturated heterocycles. The van der Waals surface area contributed by atoms with Crippen molar-refractivity contribution in [1.29, 1.82) is 0 Å². The molecule has 0 unspecified atom stereocenters. The van der Waals surface area contributed by atoms with Gasteiger partial charge < -0.3 is 4.74 Å². The number of nitrogens with zero attached hydrogens (tertiary/aromatic N) is 2. The van der Waals surface area contributed by atoms with Crippen LogP contribution in [0, 0.1) is 22.9 Å². The van der Waals surface area contributed by atoms with Crippen LogP contribution >= 0.6 is 15.9 Å². The quantitative estimate of drug-likeness (QED) is 0.631. The topological polar surface area (TPSA) is 65.3 Å². The van der Waals surface area contributed by atoms with Gasteiger partial charge in [-0.15, -0.1) is 0 Å². The Morgan fingerprint density at radius 3 is 2.79 bits per heavy atom. The van der Waals surface area contributed by atoms with Crippen LogP contribution in [0.25, 0.3) is 0 Å². The summed E-state index contributed by atoms with van der Waals surface area (Å²) in [6.45, 7) is 1.83. The molecule has 0 atom stereocenters. The minimum Gasteiger partial charge on any atom is -0.432 e. The monoisotopic (exact) mass is 326 g/mol. The van der Waals surface area contributed by atoms with E-state index in [4.69, 9.17) is 4.74 Å². The average Bonchev–Trinajstić information content (AvgIpc) is 2.36. The molecule has 0 bridgehead atoms. The molecule has 0 saturated carbocycles. The molecule has 7 heteroatoms. The highest BCUT2D eigenvalue weighted by molar-refractivity contribution is 9.10. The summed E-state index contributed by atoms with van der Waals surface area (Å²) in [7, 11) is 0. The predicted octanol–water partition coefficient (Wildman–Crippen LogP) is 3.99. The SMILES string of the molecule is Cc1cc(Oc2ccc(F)cc2[N+](=O)[O-])ncc1Br. The average molecular weight is 327 g/mol. The number of hydrogen-bond donors (Lipinski definition) is 0. The van der Waals surface area contributed by atoms with Crippen LogP contribution in [0.4, 0.5) is 10.1 Å². The van der Waals surface area contributed by atoms with Gasteiger partial charge in [0.05, 0.1) is 11.0 Å². The molecule has 1 aromatic carbocycles. The number of pyridine rings is 1. The molecular weight excluding hydrogens is 319 g/mol. The van der Waals surface area contributed by atoms with Crippen molar-refractivity contribution in [2.24, 2.45) is 0 Å². The molecule has 2 rings (SSSR count). The third-order valence-corrected chi connectivity index (χ3v) is 3.18. The molecule has 5 nitrogen and oxygen atoms in total. The van der Waals surface area contributed by atoms with Crippen molar-refractivity contribution < 1.29 is 14.1 Å². The highest BCUT2D eigenvalue weighted by Gasteiger charge is 2.17. The van der Waals surface area contributed by atoms with Crippen LogP contribution in [0.5, 0.6) is 11.6 Å². The Hall–Kier alpha value is -2.02. The van der Waals surface area contributed by atoms with Gasteiger partial charge >= 0.3 is 5.69 Å². The van der Waals surface area contributed by atoms with E-state index in [0.29, 0.717) is 0 Å². The minimum absolute atomic E-state index is 0.0550. The summed E-state index contributed by atoms with van der Waals surface area (Å²) in [5.74, 6) is -0.546. The Morgan fingerprint density at radius 2 is 2.16 bits per heavy atom. The van der Waals surface area contributed by atoms with Gasteiger partial charge in [-0.3, -0.25) is 10.1 Å². The van der Waals surface area contributed by atoms with E-state index in [0.717, 1.165) is 22.2 Å². The van der Waals surface area contributed by atoms with E-state index in [-0.39, 0.29) is 11.6 Å². The van der Waals surface area contributed by atoms with E-state index in [1.807, 2.05) is 6.92 Å². The van der Waals surface area contributed by atoms with Crippen molar-refractivity contribution in [2.45, 2.75) is 6.92 Å². The molecule has 0 N–H and O–H groups in total. The molecule has 0 aliphatic rings. The van der Waals surface area contributed by atoms with E-state index < -0.39 is 16.4 Å². The van der Waals surface area contributed by atoms with Crippen LogP contribution in [-0.2, 0) is 0 Å². The minimum atomic E-state index is -0.704. The molecule has 0 aliphatic carbocycles. The number of aryl methyl sites for hydroxylation is 1. The molecule has 2 aromatic rings. The van der Waals surface area contributed by atoms with Gasteiger partial charge in [0.15, 0.2) is 0 Å². The van der Waals surface area contributed by atoms with Crippen molar-refractivity contribution >= 4 is 21.6 Å². The van der Waals surface area contributed by atoms with Gasteiger partial charge in [-0.2, -0.15) is 0 Å². The van der Waals surface area contributed by atoms with Gasteiger partial charge in [0, 0.05) is 16.7 Å². The van der Waals surface area contributed by atoms with Crippen LogP contribution in [0.2, 0.25) is 0 Å². The fraction of sp³-hybridized carbons (Fsp3) is 0.0833. The predicted molar refractivity (Wildman–Crippen MR) is 69.8 cm³/mol. The summed E-state index contributed by atoms with van der Waals surface area (Å²) in [5, 5.41) is 10.8. The number of rotatable bonds is 3. The van der Waals surface area contributed by atoms with E-state index >= 15 is 0 Å². The molecule has 1 aromatic heterocycles. The van der Waals surface area contributed by atoms with E-state index in [2.05, 4.69) is 20.9 Å². The molecule has 0 amide bonds. The largest absolute Gasteiger partial charge is 0.432 e. The summed E-state index contributed by atoms with van der Waals surface area (Å²) in [6, 6.07) is 4.72. The first kappa shape index (κ1) is 13.4. The van der Waals surface area contributed by atoms with Crippen LogP contribution in [0.3, 0.4) is 0 Å². The normalized spacial score (nSPS) is 10.3. The number of hydrogen-bond acceptors (Lipinski definition) is 4. The number of nitro groups is 1. The lowest BCUT2D eigenvalue weighted by Crippen LogP contribution is -1.96. The Labute approximate surface area is 116 Å². The molecule has 0 spiro atoms. The van der Waals surface area contributed by atoms with Crippen LogP contribution in [0.15, 0.2) is 34.9 Å². The standard InChI is InChI=1S/C12H8BrFN2O3/c1-7-4-12(15-6-9(7)13)19-11-3-2-8(14)5-10(11)16(17)18/h2-6H,1H3. The van der Waals surface area contributed by atoms with Gasteiger partial charge in [-0.05, 0) is 40.5 Å². The second kappa shape index (κ2) is 5.31. The first-order chi connectivity index (χ1) is 8.97. The van der Waals surface area contributed by atoms with Crippen LogP contribution in [-0.4, -0.2) is 9.91 Å². The second-order valence-corrected chi connectivity index (χ2v) is 4.60. The summed E-state index contributed by atoms with van der Waals surface area (Å²) in [5.41, 5.74) is 0.428. The maximum atomic E-state index is 13.0. The zero-order valence-electron chi connectivity index (χ0n) is 9.76. The molecule has 19 heavy (non-hydrogen) atoms. The van der Waals surface area contributed by atoms with E-state index in [1.54, 1.807) is 6.07 Å². The number of ether oxygens (including phenoxy) is 1. The smallest absolute Gasteiger partial charge is 0.314 e. The molecular formula is C12H8BrFN2O3. The van der Waals surface area contributed by atoms with Gasteiger partial charge in [-0.1, -0.05) is 0 Å². The molecule has 0 aliphatic heterocycles. The molecule has 1 heterocycles. The summed E-state index contributed by atoms with van der Waals surface area (Å²) >= 11 is 3.29. The Bertz CT molecular complexity index is 649. The second-order valence-electron chi connectivity index (χ2n) is 3.74. The zero-order chi connectivity index (χ0) is 14.0. The lowest BCUT2D eigenvalue weighted by molar-refractivity contribution is -0.385. The lowest BCUT2D eigenvalue weighted by Gasteiger charge is -2.06. The Balaban J connectivity index is 2.37. The highest BCUT2D eigenvalue weighted by Crippen LogP contribution is 2.31. The van der Waals surface area contributed by atoms with E-state index in [1.165, 1.54) is 12.3 Å². The maximum absolute atomic E-state index is 13.0. The highest BCUT2D eigenvalue weighted by atomic mass is 79.9. The summed E-state index contributed by atoms with van der Waals surface area (Å²) in [6.07, 6.45) is 1.53. The molecule has 0 radical (unpaired) electrons.